The average Bonchev–Trinajstić information content (AvgIpc) is 2.44. The Morgan fingerprint density at radius 2 is 1.80 bits per heavy atom. The van der Waals surface area contributed by atoms with Crippen LogP contribution in [-0.2, 0) is 13.1 Å². The molecule has 0 saturated heterocycles. The van der Waals surface area contributed by atoms with Gasteiger partial charge in [-0.15, -0.1) is 0 Å². The van der Waals surface area contributed by atoms with Crippen molar-refractivity contribution in [2.24, 2.45) is 0 Å². The molecule has 3 nitrogen and oxygen atoms in total. The van der Waals surface area contributed by atoms with E-state index in [4.69, 9.17) is 34.8 Å². The molecule has 20 heavy (non-hydrogen) atoms. The summed E-state index contributed by atoms with van der Waals surface area (Å²) >= 11 is 18.2. The minimum atomic E-state index is -0.0307. The summed E-state index contributed by atoms with van der Waals surface area (Å²) in [5.74, 6) is 0. The van der Waals surface area contributed by atoms with E-state index in [1.165, 1.54) is 6.07 Å². The van der Waals surface area contributed by atoms with Crippen molar-refractivity contribution in [1.82, 2.24) is 4.57 Å². The SMILES string of the molecule is CCn1cc(NCc2c(Cl)ccc(Cl)c2Cl)ccc1=O. The number of nitrogens with one attached hydrogen (secondary N) is 1. The van der Waals surface area contributed by atoms with E-state index in [0.717, 1.165) is 11.3 Å². The number of aryl methyl sites for hydroxylation is 1. The van der Waals surface area contributed by atoms with Crippen LogP contribution in [-0.4, -0.2) is 4.57 Å². The van der Waals surface area contributed by atoms with Crippen molar-refractivity contribution in [2.45, 2.75) is 20.0 Å². The minimum Gasteiger partial charge on any atom is -0.380 e. The summed E-state index contributed by atoms with van der Waals surface area (Å²) in [6, 6.07) is 6.61. The molecule has 0 unspecified atom stereocenters. The van der Waals surface area contributed by atoms with Gasteiger partial charge in [-0.1, -0.05) is 34.8 Å². The molecular weight excluding hydrogens is 319 g/mol. The van der Waals surface area contributed by atoms with Gasteiger partial charge in [0.25, 0.3) is 5.56 Å². The maximum absolute atomic E-state index is 11.5. The van der Waals surface area contributed by atoms with Crippen LogP contribution in [0.1, 0.15) is 12.5 Å². The summed E-state index contributed by atoms with van der Waals surface area (Å²) in [6.45, 7) is 2.96. The predicted octanol–water partition coefficient (Wildman–Crippen LogP) is 4.44. The highest BCUT2D eigenvalue weighted by Crippen LogP contribution is 2.31. The number of hydrogen-bond acceptors (Lipinski definition) is 2. The van der Waals surface area contributed by atoms with Crippen molar-refractivity contribution in [3.63, 3.8) is 0 Å². The highest BCUT2D eigenvalue weighted by atomic mass is 35.5. The first-order chi connectivity index (χ1) is 9.52. The van der Waals surface area contributed by atoms with Gasteiger partial charge in [0, 0.05) is 35.9 Å². The highest BCUT2D eigenvalue weighted by molar-refractivity contribution is 6.44. The lowest BCUT2D eigenvalue weighted by molar-refractivity contribution is 0.727. The minimum absolute atomic E-state index is 0.0307. The fourth-order valence-corrected chi connectivity index (χ4v) is 2.49. The smallest absolute Gasteiger partial charge is 0.250 e. The molecule has 1 aromatic heterocycles. The zero-order chi connectivity index (χ0) is 14.7. The van der Waals surface area contributed by atoms with Crippen molar-refractivity contribution >= 4 is 40.5 Å². The molecule has 0 radical (unpaired) electrons. The van der Waals surface area contributed by atoms with Crippen LogP contribution >= 0.6 is 34.8 Å². The van der Waals surface area contributed by atoms with E-state index in [9.17, 15) is 4.79 Å². The van der Waals surface area contributed by atoms with Crippen LogP contribution < -0.4 is 10.9 Å². The third-order valence-corrected chi connectivity index (χ3v) is 4.13. The van der Waals surface area contributed by atoms with Gasteiger partial charge in [0.1, 0.15) is 0 Å². The molecule has 0 aliphatic rings. The standard InChI is InChI=1S/C14H13Cl3N2O/c1-2-19-8-9(3-6-13(19)20)18-7-10-11(15)4-5-12(16)14(10)17/h3-6,8,18H,2,7H2,1H3. The third-order valence-electron chi connectivity index (χ3n) is 2.93. The van der Waals surface area contributed by atoms with Crippen molar-refractivity contribution in [3.05, 3.63) is 61.4 Å². The van der Waals surface area contributed by atoms with Crippen LogP contribution in [0.4, 0.5) is 5.69 Å². The van der Waals surface area contributed by atoms with Gasteiger partial charge in [-0.2, -0.15) is 0 Å². The lowest BCUT2D eigenvalue weighted by atomic mass is 10.2. The van der Waals surface area contributed by atoms with Crippen LogP contribution in [0, 0.1) is 0 Å². The molecule has 2 aromatic rings. The molecule has 0 atom stereocenters. The molecule has 1 aromatic carbocycles. The Labute approximate surface area is 132 Å². The second kappa shape index (κ2) is 6.53. The number of aromatic nitrogens is 1. The molecule has 0 saturated carbocycles. The largest absolute Gasteiger partial charge is 0.380 e. The van der Waals surface area contributed by atoms with E-state index in [-0.39, 0.29) is 5.56 Å². The van der Waals surface area contributed by atoms with Crippen molar-refractivity contribution in [1.29, 1.82) is 0 Å². The second-order valence-electron chi connectivity index (χ2n) is 4.22. The first-order valence-corrected chi connectivity index (χ1v) is 7.23. The predicted molar refractivity (Wildman–Crippen MR) is 85.2 cm³/mol. The topological polar surface area (TPSA) is 34.0 Å². The Hall–Kier alpha value is -1.16. The summed E-state index contributed by atoms with van der Waals surface area (Å²) < 4.78 is 1.61. The van der Waals surface area contributed by atoms with E-state index in [1.54, 1.807) is 29.0 Å². The van der Waals surface area contributed by atoms with Crippen molar-refractivity contribution in [2.75, 3.05) is 5.32 Å². The Balaban J connectivity index is 2.21. The molecule has 6 heteroatoms. The van der Waals surface area contributed by atoms with Crippen molar-refractivity contribution in [3.8, 4) is 0 Å². The number of anilines is 1. The van der Waals surface area contributed by atoms with Gasteiger partial charge in [-0.25, -0.2) is 0 Å². The average molecular weight is 332 g/mol. The lowest BCUT2D eigenvalue weighted by Gasteiger charge is -2.12. The molecule has 0 aliphatic heterocycles. The van der Waals surface area contributed by atoms with E-state index >= 15 is 0 Å². The first-order valence-electron chi connectivity index (χ1n) is 6.09. The van der Waals surface area contributed by atoms with E-state index in [0.29, 0.717) is 28.2 Å². The number of nitrogens with zero attached hydrogens (tertiary/aromatic N) is 1. The summed E-state index contributed by atoms with van der Waals surface area (Å²) in [4.78, 5) is 11.5. The highest BCUT2D eigenvalue weighted by Gasteiger charge is 2.09. The molecule has 2 rings (SSSR count). The van der Waals surface area contributed by atoms with Crippen LogP contribution in [0.5, 0.6) is 0 Å². The van der Waals surface area contributed by atoms with Gasteiger partial charge >= 0.3 is 0 Å². The van der Waals surface area contributed by atoms with Gasteiger partial charge in [-0.05, 0) is 25.1 Å². The molecule has 0 amide bonds. The molecule has 1 N–H and O–H groups in total. The fraction of sp³-hybridized carbons (Fsp3) is 0.214. The number of halogens is 3. The van der Waals surface area contributed by atoms with E-state index in [1.807, 2.05) is 6.92 Å². The van der Waals surface area contributed by atoms with Crippen LogP contribution in [0.3, 0.4) is 0 Å². The van der Waals surface area contributed by atoms with E-state index in [2.05, 4.69) is 5.32 Å². The first kappa shape index (κ1) is 15.2. The van der Waals surface area contributed by atoms with Gasteiger partial charge in [-0.3, -0.25) is 4.79 Å². The number of benzene rings is 1. The fourth-order valence-electron chi connectivity index (χ4n) is 1.80. The Kier molecular flexibility index (Phi) is 4.97. The Morgan fingerprint density at radius 1 is 1.10 bits per heavy atom. The number of rotatable bonds is 4. The van der Waals surface area contributed by atoms with Gasteiger partial charge in [0.2, 0.25) is 0 Å². The summed E-state index contributed by atoms with van der Waals surface area (Å²) in [6.07, 6.45) is 1.76. The quantitative estimate of drug-likeness (QED) is 0.840. The van der Waals surface area contributed by atoms with Crippen LogP contribution in [0.2, 0.25) is 15.1 Å². The van der Waals surface area contributed by atoms with Gasteiger partial charge in [0.15, 0.2) is 0 Å². The monoisotopic (exact) mass is 330 g/mol. The van der Waals surface area contributed by atoms with Crippen molar-refractivity contribution < 1.29 is 0 Å². The molecule has 0 fully saturated rings. The number of hydrogen-bond donors (Lipinski definition) is 1. The zero-order valence-corrected chi connectivity index (χ0v) is 13.1. The molecule has 1 heterocycles. The molecule has 0 aliphatic carbocycles. The van der Waals surface area contributed by atoms with Gasteiger partial charge in [0.05, 0.1) is 15.7 Å². The second-order valence-corrected chi connectivity index (χ2v) is 5.41. The maximum atomic E-state index is 11.5. The van der Waals surface area contributed by atoms with Crippen LogP contribution in [0.15, 0.2) is 35.3 Å². The van der Waals surface area contributed by atoms with E-state index < -0.39 is 0 Å². The molecule has 0 spiro atoms. The van der Waals surface area contributed by atoms with Gasteiger partial charge < -0.3 is 9.88 Å². The zero-order valence-electron chi connectivity index (χ0n) is 10.8. The maximum Gasteiger partial charge on any atom is 0.250 e. The molecule has 0 bridgehead atoms. The summed E-state index contributed by atoms with van der Waals surface area (Å²) in [5, 5.41) is 4.64. The number of pyridine rings is 1. The molecule has 106 valence electrons. The summed E-state index contributed by atoms with van der Waals surface area (Å²) in [5.41, 5.74) is 1.52. The Morgan fingerprint density at radius 3 is 2.50 bits per heavy atom. The molecular formula is C14H13Cl3N2O. The third kappa shape index (κ3) is 3.29. The lowest BCUT2D eigenvalue weighted by Crippen LogP contribution is -2.17. The Bertz CT molecular complexity index is 683. The van der Waals surface area contributed by atoms with Crippen LogP contribution in [0.25, 0.3) is 0 Å². The normalized spacial score (nSPS) is 10.6. The summed E-state index contributed by atoms with van der Waals surface area (Å²) in [7, 11) is 0.